The van der Waals surface area contributed by atoms with Crippen LogP contribution in [0.25, 0.3) is 6.08 Å². The summed E-state index contributed by atoms with van der Waals surface area (Å²) in [4.78, 5) is 25.4. The van der Waals surface area contributed by atoms with E-state index >= 15 is 0 Å². The highest BCUT2D eigenvalue weighted by Gasteiger charge is 2.34. The number of likely N-dealkylation sites (N-methyl/N-ethyl adjacent to an activating group) is 1. The maximum absolute atomic E-state index is 12.1. The number of rotatable bonds is 4. The van der Waals surface area contributed by atoms with Crippen molar-refractivity contribution in [3.63, 3.8) is 0 Å². The second-order valence-electron chi connectivity index (χ2n) is 4.30. The molecule has 5 nitrogen and oxygen atoms in total. The van der Waals surface area contributed by atoms with Crippen molar-refractivity contribution in [3.8, 4) is 11.5 Å². The highest BCUT2D eigenvalue weighted by molar-refractivity contribution is 9.13. The van der Waals surface area contributed by atoms with Crippen LogP contribution in [0.3, 0.4) is 0 Å². The first-order valence-corrected chi connectivity index (χ1v) is 8.90. The van der Waals surface area contributed by atoms with Crippen molar-refractivity contribution >= 4 is 60.8 Å². The van der Waals surface area contributed by atoms with Crippen molar-refractivity contribution < 1.29 is 19.4 Å². The number of carbonyl (C=O) groups excluding carboxylic acids is 2. The van der Waals surface area contributed by atoms with Gasteiger partial charge in [0.2, 0.25) is 0 Å². The number of hydrogen-bond acceptors (Lipinski definition) is 5. The van der Waals surface area contributed by atoms with Gasteiger partial charge in [0.1, 0.15) is 0 Å². The van der Waals surface area contributed by atoms with E-state index in [1.54, 1.807) is 19.1 Å². The van der Waals surface area contributed by atoms with E-state index < -0.39 is 0 Å². The number of halogens is 2. The number of benzene rings is 1. The molecule has 8 heteroatoms. The van der Waals surface area contributed by atoms with E-state index in [1.807, 2.05) is 6.92 Å². The van der Waals surface area contributed by atoms with E-state index in [2.05, 4.69) is 31.9 Å². The topological polar surface area (TPSA) is 66.8 Å². The van der Waals surface area contributed by atoms with Crippen LogP contribution in [0, 0.1) is 0 Å². The third-order valence-corrected chi connectivity index (χ3v) is 6.02. The molecule has 1 fully saturated rings. The molecule has 0 bridgehead atoms. The summed E-state index contributed by atoms with van der Waals surface area (Å²) < 4.78 is 6.38. The number of amides is 2. The Hall–Kier alpha value is -0.990. The lowest BCUT2D eigenvalue weighted by molar-refractivity contribution is -0.122. The minimum Gasteiger partial charge on any atom is -0.503 e. The summed E-state index contributed by atoms with van der Waals surface area (Å²) in [7, 11) is 0. The smallest absolute Gasteiger partial charge is 0.293 e. The molecule has 0 unspecified atom stereocenters. The maximum Gasteiger partial charge on any atom is 0.293 e. The summed E-state index contributed by atoms with van der Waals surface area (Å²) in [5.74, 6) is -0.0300. The predicted octanol–water partition coefficient (Wildman–Crippen LogP) is 4.37. The SMILES string of the molecule is CCOc1cc(/C=C2/SC(=O)N(CC)C2=O)c(Br)c(Br)c1O. The van der Waals surface area contributed by atoms with Crippen LogP contribution in [0.1, 0.15) is 19.4 Å². The Bertz CT molecular complexity index is 675. The highest BCUT2D eigenvalue weighted by atomic mass is 79.9. The third-order valence-electron chi connectivity index (χ3n) is 2.95. The summed E-state index contributed by atoms with van der Waals surface area (Å²) in [6, 6.07) is 1.62. The van der Waals surface area contributed by atoms with Gasteiger partial charge in [-0.15, -0.1) is 0 Å². The average molecular weight is 451 g/mol. The molecule has 1 aromatic carbocycles. The molecule has 0 aliphatic carbocycles. The van der Waals surface area contributed by atoms with Crippen molar-refractivity contribution in [3.05, 3.63) is 25.5 Å². The largest absolute Gasteiger partial charge is 0.503 e. The molecule has 2 rings (SSSR count). The summed E-state index contributed by atoms with van der Waals surface area (Å²) in [5, 5.41) is 9.73. The van der Waals surface area contributed by atoms with Crippen LogP contribution in [0.5, 0.6) is 11.5 Å². The zero-order valence-corrected chi connectivity index (χ0v) is 15.8. The van der Waals surface area contributed by atoms with Crippen molar-refractivity contribution in [1.82, 2.24) is 4.90 Å². The molecular weight excluding hydrogens is 438 g/mol. The zero-order valence-electron chi connectivity index (χ0n) is 11.9. The number of phenols is 1. The lowest BCUT2D eigenvalue weighted by atomic mass is 10.2. The van der Waals surface area contributed by atoms with Gasteiger partial charge in [-0.05, 0) is 75.2 Å². The monoisotopic (exact) mass is 449 g/mol. The Kier molecular flexibility index (Phi) is 5.57. The van der Waals surface area contributed by atoms with Crippen molar-refractivity contribution in [2.24, 2.45) is 0 Å². The summed E-state index contributed by atoms with van der Waals surface area (Å²) >= 11 is 7.54. The normalized spacial score (nSPS) is 16.7. The molecule has 0 atom stereocenters. The fourth-order valence-electron chi connectivity index (χ4n) is 1.90. The van der Waals surface area contributed by atoms with Crippen LogP contribution in [-0.2, 0) is 4.79 Å². The van der Waals surface area contributed by atoms with E-state index in [-0.39, 0.29) is 16.9 Å². The minimum atomic E-state index is -0.313. The second-order valence-corrected chi connectivity index (χ2v) is 6.88. The second kappa shape index (κ2) is 7.06. The Morgan fingerprint density at radius 1 is 1.32 bits per heavy atom. The van der Waals surface area contributed by atoms with Crippen LogP contribution in [-0.4, -0.2) is 34.3 Å². The molecule has 1 saturated heterocycles. The van der Waals surface area contributed by atoms with E-state index in [9.17, 15) is 14.7 Å². The number of nitrogens with zero attached hydrogens (tertiary/aromatic N) is 1. The average Bonchev–Trinajstić information content (AvgIpc) is 2.75. The van der Waals surface area contributed by atoms with E-state index in [4.69, 9.17) is 4.74 Å². The Morgan fingerprint density at radius 2 is 2.00 bits per heavy atom. The highest BCUT2D eigenvalue weighted by Crippen LogP contribution is 2.43. The summed E-state index contributed by atoms with van der Waals surface area (Å²) in [5.41, 5.74) is 0.634. The molecule has 0 saturated carbocycles. The Morgan fingerprint density at radius 3 is 2.55 bits per heavy atom. The maximum atomic E-state index is 12.1. The van der Waals surface area contributed by atoms with Gasteiger partial charge < -0.3 is 9.84 Å². The molecule has 1 N–H and O–H groups in total. The molecule has 0 radical (unpaired) electrons. The van der Waals surface area contributed by atoms with Gasteiger partial charge in [-0.2, -0.15) is 0 Å². The molecule has 118 valence electrons. The Balaban J connectivity index is 2.48. The number of phenolic OH excluding ortho intramolecular Hbond substituents is 1. The van der Waals surface area contributed by atoms with E-state index in [0.717, 1.165) is 11.8 Å². The van der Waals surface area contributed by atoms with Crippen LogP contribution in [0.15, 0.2) is 19.9 Å². The third kappa shape index (κ3) is 3.18. The van der Waals surface area contributed by atoms with Crippen molar-refractivity contribution in [2.45, 2.75) is 13.8 Å². The predicted molar refractivity (Wildman–Crippen MR) is 93.0 cm³/mol. The fraction of sp³-hybridized carbons (Fsp3) is 0.286. The van der Waals surface area contributed by atoms with Gasteiger partial charge in [0.25, 0.3) is 11.1 Å². The number of aromatic hydroxyl groups is 1. The van der Waals surface area contributed by atoms with E-state index in [1.165, 1.54) is 4.90 Å². The van der Waals surface area contributed by atoms with Crippen LogP contribution in [0.4, 0.5) is 4.79 Å². The van der Waals surface area contributed by atoms with Crippen LogP contribution in [0.2, 0.25) is 0 Å². The molecule has 1 aliphatic heterocycles. The lowest BCUT2D eigenvalue weighted by Gasteiger charge is -2.11. The summed E-state index contributed by atoms with van der Waals surface area (Å²) in [6.45, 7) is 4.29. The van der Waals surface area contributed by atoms with Gasteiger partial charge in [-0.25, -0.2) is 0 Å². The molecule has 0 spiro atoms. The fourth-order valence-corrected chi connectivity index (χ4v) is 3.63. The van der Waals surface area contributed by atoms with Gasteiger partial charge in [-0.3, -0.25) is 14.5 Å². The number of ether oxygens (including phenoxy) is 1. The van der Waals surface area contributed by atoms with Gasteiger partial charge in [0.15, 0.2) is 11.5 Å². The minimum absolute atomic E-state index is 0.0208. The zero-order chi connectivity index (χ0) is 16.4. The molecule has 1 heterocycles. The Labute approximate surface area is 149 Å². The summed E-state index contributed by atoms with van der Waals surface area (Å²) in [6.07, 6.45) is 1.61. The van der Waals surface area contributed by atoms with E-state index in [0.29, 0.717) is 38.3 Å². The number of thioether (sulfide) groups is 1. The molecule has 22 heavy (non-hydrogen) atoms. The molecule has 1 aliphatic rings. The van der Waals surface area contributed by atoms with Gasteiger partial charge >= 0.3 is 0 Å². The molecule has 1 aromatic rings. The number of hydrogen-bond donors (Lipinski definition) is 1. The first kappa shape index (κ1) is 17.4. The van der Waals surface area contributed by atoms with Crippen molar-refractivity contribution in [1.29, 1.82) is 0 Å². The molecular formula is C14H13Br2NO4S. The number of carbonyl (C=O) groups is 2. The first-order chi connectivity index (χ1) is 10.4. The standard InChI is InChI=1S/C14H13Br2NO4S/c1-3-17-13(19)9(22-14(17)20)6-7-5-8(21-4-2)12(18)11(16)10(7)15/h5-6,18H,3-4H2,1-2H3/b9-6+. The first-order valence-electron chi connectivity index (χ1n) is 6.49. The van der Waals surface area contributed by atoms with Gasteiger partial charge in [0, 0.05) is 11.0 Å². The quantitative estimate of drug-likeness (QED) is 0.689. The van der Waals surface area contributed by atoms with Gasteiger partial charge in [-0.1, -0.05) is 0 Å². The van der Waals surface area contributed by atoms with Crippen LogP contribution < -0.4 is 4.74 Å². The van der Waals surface area contributed by atoms with Gasteiger partial charge in [0.05, 0.1) is 16.0 Å². The molecule has 0 aromatic heterocycles. The van der Waals surface area contributed by atoms with Crippen LogP contribution >= 0.6 is 43.6 Å². The lowest BCUT2D eigenvalue weighted by Crippen LogP contribution is -2.27. The molecule has 2 amide bonds. The van der Waals surface area contributed by atoms with Crippen molar-refractivity contribution in [2.75, 3.05) is 13.2 Å². The number of imide groups is 1.